The quantitative estimate of drug-likeness (QED) is 0.515. The summed E-state index contributed by atoms with van der Waals surface area (Å²) in [5.41, 5.74) is 1.07. The molecular formula is C20H25N5O6S2. The van der Waals surface area contributed by atoms with E-state index in [1.807, 2.05) is 19.9 Å². The van der Waals surface area contributed by atoms with Crippen LogP contribution in [0.25, 0.3) is 0 Å². The van der Waals surface area contributed by atoms with Crippen LogP contribution in [-0.4, -0.2) is 60.0 Å². The molecule has 1 aromatic carbocycles. The predicted octanol–water partition coefficient (Wildman–Crippen LogP) is 1.86. The Hall–Kier alpha value is -2.74. The maximum atomic E-state index is 13.0. The van der Waals surface area contributed by atoms with Crippen LogP contribution in [0.5, 0.6) is 5.75 Å². The minimum absolute atomic E-state index is 0.0957. The fraction of sp³-hybridized carbons (Fsp3) is 0.400. The highest BCUT2D eigenvalue weighted by Crippen LogP contribution is 2.33. The number of para-hydroxylation sites is 1. The Labute approximate surface area is 194 Å². The molecule has 2 aromatic rings. The summed E-state index contributed by atoms with van der Waals surface area (Å²) < 4.78 is 58.1. The molecule has 4 rings (SSSR count). The molecule has 0 saturated carbocycles. The van der Waals surface area contributed by atoms with Crippen molar-refractivity contribution in [3.05, 3.63) is 41.9 Å². The summed E-state index contributed by atoms with van der Waals surface area (Å²) in [5.74, 6) is 0.565. The number of furan rings is 1. The molecule has 0 spiro atoms. The number of aromatic hydroxyl groups is 1. The van der Waals surface area contributed by atoms with E-state index in [1.165, 1.54) is 22.5 Å². The molecule has 1 fully saturated rings. The van der Waals surface area contributed by atoms with E-state index >= 15 is 0 Å². The first-order chi connectivity index (χ1) is 15.8. The predicted molar refractivity (Wildman–Crippen MR) is 124 cm³/mol. The number of morpholine rings is 1. The fourth-order valence-corrected chi connectivity index (χ4v) is 5.64. The van der Waals surface area contributed by atoms with Crippen LogP contribution >= 0.6 is 0 Å². The average Bonchev–Trinajstić information content (AvgIpc) is 3.38. The van der Waals surface area contributed by atoms with Crippen molar-refractivity contribution in [2.75, 3.05) is 31.6 Å². The van der Waals surface area contributed by atoms with Gasteiger partial charge in [0.25, 0.3) is 11.2 Å². The number of amidine groups is 2. The van der Waals surface area contributed by atoms with Crippen LogP contribution in [0.15, 0.2) is 48.6 Å². The zero-order chi connectivity index (χ0) is 23.6. The van der Waals surface area contributed by atoms with Gasteiger partial charge >= 0.3 is 0 Å². The minimum Gasteiger partial charge on any atom is -0.504 e. The van der Waals surface area contributed by atoms with E-state index < -0.39 is 26.9 Å². The van der Waals surface area contributed by atoms with E-state index in [1.54, 1.807) is 6.26 Å². The number of anilines is 1. The number of benzene rings is 1. The van der Waals surface area contributed by atoms with E-state index in [2.05, 4.69) is 19.4 Å². The van der Waals surface area contributed by atoms with E-state index in [0.29, 0.717) is 25.4 Å². The van der Waals surface area contributed by atoms with E-state index in [-0.39, 0.29) is 41.4 Å². The number of hydrogen-bond donors (Lipinski definition) is 3. The van der Waals surface area contributed by atoms with Crippen LogP contribution in [-0.2, 0) is 25.9 Å². The van der Waals surface area contributed by atoms with Crippen LogP contribution < -0.4 is 10.6 Å². The normalized spacial score (nSPS) is 20.2. The zero-order valence-corrected chi connectivity index (χ0v) is 19.8. The van der Waals surface area contributed by atoms with E-state index in [4.69, 9.17) is 9.15 Å². The summed E-state index contributed by atoms with van der Waals surface area (Å²) >= 11 is -1.86. The second-order valence-electron chi connectivity index (χ2n) is 7.54. The largest absolute Gasteiger partial charge is 0.504 e. The van der Waals surface area contributed by atoms with Gasteiger partial charge in [0, 0.05) is 13.1 Å². The summed E-state index contributed by atoms with van der Waals surface area (Å²) in [6.45, 7) is 4.86. The van der Waals surface area contributed by atoms with Gasteiger partial charge in [0.2, 0.25) is 10.0 Å². The standard InChI is InChI=1S/C20H25N5O6S2/c1-3-14(16-11-13(2)12-31-16)21-19-20(24-32(27)23-19)22-15-5-4-6-17(18(15)26)33(28,29)25-7-9-30-10-8-25/h4-6,11-12,14,26H,3,7-10H2,1-2H3,(H,21,23)(H,22,24)/t14-,32?/m1/s1. The van der Waals surface area contributed by atoms with Crippen LogP contribution in [0.3, 0.4) is 0 Å². The number of aryl methyl sites for hydroxylation is 1. The average molecular weight is 496 g/mol. The Bertz CT molecular complexity index is 1220. The second kappa shape index (κ2) is 9.63. The van der Waals surface area contributed by atoms with Gasteiger partial charge in [-0.1, -0.05) is 13.0 Å². The van der Waals surface area contributed by atoms with Gasteiger partial charge in [0.15, 0.2) is 17.4 Å². The van der Waals surface area contributed by atoms with E-state index in [9.17, 15) is 17.7 Å². The summed E-state index contributed by atoms with van der Waals surface area (Å²) in [4.78, 5) is -0.238. The van der Waals surface area contributed by atoms with Crippen molar-refractivity contribution in [2.24, 2.45) is 8.80 Å². The lowest BCUT2D eigenvalue weighted by Gasteiger charge is -2.26. The van der Waals surface area contributed by atoms with Gasteiger partial charge in [-0.2, -0.15) is 4.31 Å². The molecule has 0 amide bonds. The number of phenolic OH excluding ortho intramolecular Hbond substituents is 1. The van der Waals surface area contributed by atoms with Crippen molar-refractivity contribution in [2.45, 2.75) is 31.2 Å². The molecule has 11 nitrogen and oxygen atoms in total. The van der Waals surface area contributed by atoms with Crippen molar-refractivity contribution in [3.63, 3.8) is 0 Å². The molecule has 0 radical (unpaired) electrons. The van der Waals surface area contributed by atoms with Gasteiger partial charge in [-0.3, -0.25) is 0 Å². The maximum absolute atomic E-state index is 13.0. The number of hydrogen-bond acceptors (Lipinski definition) is 8. The number of nitrogens with zero attached hydrogens (tertiary/aromatic N) is 3. The Morgan fingerprint density at radius 1 is 1.24 bits per heavy atom. The highest BCUT2D eigenvalue weighted by molar-refractivity contribution is 7.89. The first-order valence-electron chi connectivity index (χ1n) is 10.4. The summed E-state index contributed by atoms with van der Waals surface area (Å²) in [6.07, 6.45) is 2.30. The topological polar surface area (TPSA) is 146 Å². The number of sulfonamides is 1. The van der Waals surface area contributed by atoms with Gasteiger partial charge in [-0.25, -0.2) is 12.6 Å². The van der Waals surface area contributed by atoms with Crippen LogP contribution in [0, 0.1) is 6.92 Å². The molecule has 178 valence electrons. The molecule has 0 aliphatic carbocycles. The smallest absolute Gasteiger partial charge is 0.269 e. The lowest BCUT2D eigenvalue weighted by Crippen LogP contribution is -2.40. The van der Waals surface area contributed by atoms with Crippen LogP contribution in [0.1, 0.15) is 30.7 Å². The Kier molecular flexibility index (Phi) is 6.83. The SMILES string of the molecule is CC[C@@H](NC1=NS(=O)N=C1Nc1cccc(S(=O)(=O)N2CCOCC2)c1O)c1cc(C)co1. The second-order valence-corrected chi connectivity index (χ2v) is 10.3. The third kappa shape index (κ3) is 4.95. The summed E-state index contributed by atoms with van der Waals surface area (Å²) in [6, 6.07) is 5.99. The molecule has 2 aliphatic rings. The molecule has 33 heavy (non-hydrogen) atoms. The van der Waals surface area contributed by atoms with Crippen molar-refractivity contribution in [3.8, 4) is 5.75 Å². The Morgan fingerprint density at radius 2 is 1.97 bits per heavy atom. The van der Waals surface area contributed by atoms with Crippen molar-refractivity contribution >= 4 is 38.6 Å². The molecule has 1 saturated heterocycles. The Morgan fingerprint density at radius 3 is 2.64 bits per heavy atom. The third-order valence-electron chi connectivity index (χ3n) is 5.22. The lowest BCUT2D eigenvalue weighted by atomic mass is 10.1. The Balaban J connectivity index is 1.57. The molecule has 13 heteroatoms. The van der Waals surface area contributed by atoms with Crippen LogP contribution in [0.2, 0.25) is 0 Å². The molecule has 3 N–H and O–H groups in total. The molecule has 2 atom stereocenters. The van der Waals surface area contributed by atoms with E-state index in [0.717, 1.165) is 5.56 Å². The number of rotatable bonds is 6. The number of phenols is 1. The molecule has 0 bridgehead atoms. The van der Waals surface area contributed by atoms with Crippen molar-refractivity contribution in [1.82, 2.24) is 9.62 Å². The van der Waals surface area contributed by atoms with Crippen molar-refractivity contribution in [1.29, 1.82) is 0 Å². The lowest BCUT2D eigenvalue weighted by molar-refractivity contribution is 0.0729. The molecule has 1 unspecified atom stereocenters. The monoisotopic (exact) mass is 495 g/mol. The fourth-order valence-electron chi connectivity index (χ4n) is 3.50. The van der Waals surface area contributed by atoms with Gasteiger partial charge in [-0.15, -0.1) is 8.80 Å². The molecule has 1 aromatic heterocycles. The first kappa shape index (κ1) is 23.4. The maximum Gasteiger partial charge on any atom is 0.269 e. The van der Waals surface area contributed by atoms with Gasteiger partial charge in [0.1, 0.15) is 10.7 Å². The highest BCUT2D eigenvalue weighted by Gasteiger charge is 2.31. The summed E-state index contributed by atoms with van der Waals surface area (Å²) in [5, 5.41) is 16.8. The van der Waals surface area contributed by atoms with Gasteiger partial charge in [0.05, 0.1) is 31.2 Å². The first-order valence-corrected chi connectivity index (χ1v) is 12.9. The van der Waals surface area contributed by atoms with Crippen LogP contribution in [0.4, 0.5) is 5.69 Å². The molecule has 3 heterocycles. The van der Waals surface area contributed by atoms with Gasteiger partial charge in [-0.05, 0) is 37.1 Å². The minimum atomic E-state index is -3.92. The van der Waals surface area contributed by atoms with Gasteiger partial charge < -0.3 is 24.9 Å². The summed E-state index contributed by atoms with van der Waals surface area (Å²) in [7, 11) is -3.92. The molecular weight excluding hydrogens is 470 g/mol. The number of nitrogens with one attached hydrogen (secondary N) is 2. The number of ether oxygens (including phenoxy) is 1. The molecule has 2 aliphatic heterocycles. The third-order valence-corrected chi connectivity index (χ3v) is 7.82. The zero-order valence-electron chi connectivity index (χ0n) is 18.1. The van der Waals surface area contributed by atoms with Crippen molar-refractivity contribution < 1.29 is 26.9 Å². The highest BCUT2D eigenvalue weighted by atomic mass is 32.2.